The van der Waals surface area contributed by atoms with Gasteiger partial charge in [-0.25, -0.2) is 4.98 Å². The average molecular weight is 440 g/mol. The molecule has 0 atom stereocenters. The number of nitrogens with zero attached hydrogens (tertiary/aromatic N) is 4. The van der Waals surface area contributed by atoms with E-state index in [0.717, 1.165) is 11.3 Å². The van der Waals surface area contributed by atoms with Crippen molar-refractivity contribution < 1.29 is 9.21 Å². The minimum absolute atomic E-state index is 0.127. The number of hydrogen-bond donors (Lipinski definition) is 1. The Labute approximate surface area is 182 Å². The number of thioether (sulfide) groups is 1. The molecule has 0 spiro atoms. The lowest BCUT2D eigenvalue weighted by Crippen LogP contribution is -2.15. The van der Waals surface area contributed by atoms with E-state index in [2.05, 4.69) is 20.5 Å². The number of aryl methyl sites for hydroxylation is 1. The number of furan rings is 1. The fraction of sp³-hybridized carbons (Fsp3) is 0.238. The van der Waals surface area contributed by atoms with Crippen molar-refractivity contribution in [3.05, 3.63) is 53.6 Å². The molecule has 0 aliphatic carbocycles. The molecule has 3 aromatic heterocycles. The molecule has 1 N–H and O–H groups in total. The second-order valence-electron chi connectivity index (χ2n) is 6.99. The summed E-state index contributed by atoms with van der Waals surface area (Å²) in [7, 11) is 0. The van der Waals surface area contributed by atoms with Crippen LogP contribution in [-0.2, 0) is 4.79 Å². The predicted octanol–water partition coefficient (Wildman–Crippen LogP) is 5.28. The van der Waals surface area contributed by atoms with Gasteiger partial charge in [-0.2, -0.15) is 0 Å². The van der Waals surface area contributed by atoms with Gasteiger partial charge >= 0.3 is 0 Å². The summed E-state index contributed by atoms with van der Waals surface area (Å²) < 4.78 is 7.42. The van der Waals surface area contributed by atoms with Gasteiger partial charge in [-0.05, 0) is 32.9 Å². The molecule has 0 aliphatic heterocycles. The zero-order chi connectivity index (χ0) is 21.1. The second kappa shape index (κ2) is 8.85. The topological polar surface area (TPSA) is 85.8 Å². The first-order valence-corrected chi connectivity index (χ1v) is 11.3. The summed E-state index contributed by atoms with van der Waals surface area (Å²) in [4.78, 5) is 17.0. The quantitative estimate of drug-likeness (QED) is 0.394. The van der Waals surface area contributed by atoms with E-state index in [1.165, 1.54) is 28.7 Å². The van der Waals surface area contributed by atoms with Crippen LogP contribution in [-0.4, -0.2) is 31.4 Å². The summed E-state index contributed by atoms with van der Waals surface area (Å²) in [6.45, 7) is 6.13. The van der Waals surface area contributed by atoms with Crippen LogP contribution in [0.15, 0.2) is 57.6 Å². The maximum absolute atomic E-state index is 12.5. The van der Waals surface area contributed by atoms with Crippen LogP contribution in [0.3, 0.4) is 0 Å². The Balaban J connectivity index is 1.40. The molecule has 0 aliphatic rings. The van der Waals surface area contributed by atoms with Gasteiger partial charge in [-0.1, -0.05) is 41.6 Å². The summed E-state index contributed by atoms with van der Waals surface area (Å²) in [5.41, 5.74) is 3.08. The van der Waals surface area contributed by atoms with E-state index in [0.29, 0.717) is 21.9 Å². The predicted molar refractivity (Wildman–Crippen MR) is 120 cm³/mol. The molecule has 4 rings (SSSR count). The molecule has 0 unspecified atom stereocenters. The third-order valence-electron chi connectivity index (χ3n) is 4.35. The van der Waals surface area contributed by atoms with Gasteiger partial charge < -0.3 is 9.73 Å². The Morgan fingerprint density at radius 1 is 1.23 bits per heavy atom. The highest BCUT2D eigenvalue weighted by Gasteiger charge is 2.19. The summed E-state index contributed by atoms with van der Waals surface area (Å²) in [5, 5.41) is 14.6. The molecule has 7 nitrogen and oxygen atoms in total. The van der Waals surface area contributed by atoms with Crippen LogP contribution in [0, 0.1) is 6.92 Å². The maximum Gasteiger partial charge on any atom is 0.236 e. The lowest BCUT2D eigenvalue weighted by molar-refractivity contribution is -0.113. The zero-order valence-corrected chi connectivity index (χ0v) is 18.5. The molecule has 0 saturated carbocycles. The van der Waals surface area contributed by atoms with Gasteiger partial charge in [0.2, 0.25) is 11.7 Å². The van der Waals surface area contributed by atoms with Crippen LogP contribution in [0.2, 0.25) is 0 Å². The summed E-state index contributed by atoms with van der Waals surface area (Å²) >= 11 is 2.75. The lowest BCUT2D eigenvalue weighted by Gasteiger charge is -2.12. The van der Waals surface area contributed by atoms with Crippen LogP contribution < -0.4 is 5.32 Å². The molecule has 0 fully saturated rings. The number of rotatable bonds is 7. The van der Waals surface area contributed by atoms with Gasteiger partial charge in [-0.15, -0.1) is 21.5 Å². The molecule has 3 heterocycles. The van der Waals surface area contributed by atoms with E-state index >= 15 is 0 Å². The highest BCUT2D eigenvalue weighted by atomic mass is 32.2. The minimum Gasteiger partial charge on any atom is -0.461 e. The fourth-order valence-corrected chi connectivity index (χ4v) is 4.49. The van der Waals surface area contributed by atoms with Crippen LogP contribution >= 0.6 is 23.1 Å². The Kier molecular flexibility index (Phi) is 6.01. The standard InChI is InChI=1S/C21H21N5O2S2/c1-13(2)26-19(17-5-4-10-28-17)24-25-21(26)30-12-18(27)23-20-22-16(11-29-20)15-8-6-14(3)7-9-15/h4-11,13H,12H2,1-3H3,(H,22,23,27). The average Bonchev–Trinajstić information content (AvgIpc) is 3.47. The molecule has 0 bridgehead atoms. The van der Waals surface area contributed by atoms with Crippen LogP contribution in [0.4, 0.5) is 5.13 Å². The summed E-state index contributed by atoms with van der Waals surface area (Å²) in [5.74, 6) is 1.38. The van der Waals surface area contributed by atoms with Crippen molar-refractivity contribution in [2.24, 2.45) is 0 Å². The number of hydrogen-bond acceptors (Lipinski definition) is 7. The molecular weight excluding hydrogens is 418 g/mol. The van der Waals surface area contributed by atoms with E-state index in [1.54, 1.807) is 6.26 Å². The first-order valence-electron chi connectivity index (χ1n) is 9.45. The van der Waals surface area contributed by atoms with Gasteiger partial charge in [0.1, 0.15) is 0 Å². The first-order chi connectivity index (χ1) is 14.5. The Morgan fingerprint density at radius 3 is 2.73 bits per heavy atom. The SMILES string of the molecule is Cc1ccc(-c2csc(NC(=O)CSc3nnc(-c4ccco4)n3C(C)C)n2)cc1. The Bertz CT molecular complexity index is 1130. The van der Waals surface area contributed by atoms with E-state index in [4.69, 9.17) is 4.42 Å². The molecule has 1 aromatic carbocycles. The smallest absolute Gasteiger partial charge is 0.236 e. The van der Waals surface area contributed by atoms with Crippen molar-refractivity contribution in [3.63, 3.8) is 0 Å². The van der Waals surface area contributed by atoms with E-state index in [1.807, 2.05) is 67.1 Å². The molecule has 4 aromatic rings. The molecule has 9 heteroatoms. The highest BCUT2D eigenvalue weighted by Crippen LogP contribution is 2.29. The number of amides is 1. The highest BCUT2D eigenvalue weighted by molar-refractivity contribution is 7.99. The monoisotopic (exact) mass is 439 g/mol. The minimum atomic E-state index is -0.136. The molecule has 0 saturated heterocycles. The van der Waals surface area contributed by atoms with Gasteiger partial charge in [0.05, 0.1) is 17.7 Å². The van der Waals surface area contributed by atoms with Crippen LogP contribution in [0.1, 0.15) is 25.5 Å². The number of benzene rings is 1. The molecule has 1 amide bonds. The Morgan fingerprint density at radius 2 is 2.03 bits per heavy atom. The maximum atomic E-state index is 12.5. The number of anilines is 1. The largest absolute Gasteiger partial charge is 0.461 e. The normalized spacial score (nSPS) is 11.2. The molecule has 30 heavy (non-hydrogen) atoms. The van der Waals surface area contributed by atoms with Gasteiger partial charge in [0.15, 0.2) is 16.0 Å². The number of carbonyl (C=O) groups is 1. The van der Waals surface area contributed by atoms with Gasteiger partial charge in [0, 0.05) is 17.0 Å². The Hall–Kier alpha value is -2.91. The second-order valence-corrected chi connectivity index (χ2v) is 8.79. The van der Waals surface area contributed by atoms with Crippen molar-refractivity contribution >= 4 is 34.1 Å². The van der Waals surface area contributed by atoms with Gasteiger partial charge in [0.25, 0.3) is 0 Å². The number of nitrogens with one attached hydrogen (secondary N) is 1. The molecule has 154 valence electrons. The summed E-state index contributed by atoms with van der Waals surface area (Å²) in [6, 6.07) is 11.9. The fourth-order valence-electron chi connectivity index (χ4n) is 2.89. The summed E-state index contributed by atoms with van der Waals surface area (Å²) in [6.07, 6.45) is 1.60. The van der Waals surface area contributed by atoms with Crippen molar-refractivity contribution in [1.82, 2.24) is 19.7 Å². The van der Waals surface area contributed by atoms with E-state index in [-0.39, 0.29) is 17.7 Å². The van der Waals surface area contributed by atoms with E-state index in [9.17, 15) is 4.79 Å². The van der Waals surface area contributed by atoms with E-state index < -0.39 is 0 Å². The molecular formula is C21H21N5O2S2. The van der Waals surface area contributed by atoms with Gasteiger partial charge in [-0.3, -0.25) is 9.36 Å². The third kappa shape index (κ3) is 4.47. The lowest BCUT2D eigenvalue weighted by atomic mass is 10.1. The van der Waals surface area contributed by atoms with Crippen molar-refractivity contribution in [2.75, 3.05) is 11.1 Å². The van der Waals surface area contributed by atoms with Crippen LogP contribution in [0.25, 0.3) is 22.8 Å². The number of thiazole rings is 1. The van der Waals surface area contributed by atoms with Crippen molar-refractivity contribution in [3.8, 4) is 22.8 Å². The number of carbonyl (C=O) groups excluding carboxylic acids is 1. The van der Waals surface area contributed by atoms with Crippen molar-refractivity contribution in [1.29, 1.82) is 0 Å². The number of aromatic nitrogens is 4. The van der Waals surface area contributed by atoms with Crippen molar-refractivity contribution in [2.45, 2.75) is 32.0 Å². The molecule has 0 radical (unpaired) electrons. The zero-order valence-electron chi connectivity index (χ0n) is 16.8. The first kappa shape index (κ1) is 20.4. The third-order valence-corrected chi connectivity index (χ3v) is 6.05. The van der Waals surface area contributed by atoms with Crippen LogP contribution in [0.5, 0.6) is 0 Å².